The van der Waals surface area contributed by atoms with Gasteiger partial charge in [-0.2, -0.15) is 5.26 Å². The van der Waals surface area contributed by atoms with Crippen LogP contribution in [0.1, 0.15) is 37.7 Å². The van der Waals surface area contributed by atoms with Crippen LogP contribution in [-0.2, 0) is 11.2 Å². The van der Waals surface area contributed by atoms with Gasteiger partial charge in [0.05, 0.1) is 25.9 Å². The monoisotopic (exact) mass is 312 g/mol. The van der Waals surface area contributed by atoms with Gasteiger partial charge in [-0.25, -0.2) is 0 Å². The van der Waals surface area contributed by atoms with Crippen molar-refractivity contribution >= 4 is 16.9 Å². The molecule has 120 valence electrons. The Morgan fingerprint density at radius 2 is 2.17 bits per heavy atom. The molecule has 1 fully saturated rings. The number of nitrogens with one attached hydrogen (secondary N) is 1. The summed E-state index contributed by atoms with van der Waals surface area (Å²) >= 11 is 0. The van der Waals surface area contributed by atoms with E-state index in [-0.39, 0.29) is 12.3 Å². The van der Waals surface area contributed by atoms with E-state index < -0.39 is 5.54 Å². The summed E-state index contributed by atoms with van der Waals surface area (Å²) in [5, 5.41) is 13.3. The maximum absolute atomic E-state index is 12.4. The molecule has 0 saturated heterocycles. The second-order valence-electron chi connectivity index (χ2n) is 6.10. The number of rotatable bonds is 4. The van der Waals surface area contributed by atoms with Crippen LogP contribution >= 0.6 is 0 Å². The third kappa shape index (κ3) is 3.16. The van der Waals surface area contributed by atoms with Crippen LogP contribution in [0.15, 0.2) is 28.9 Å². The van der Waals surface area contributed by atoms with E-state index in [0.717, 1.165) is 43.1 Å². The fraction of sp³-hybridized carbons (Fsp3) is 0.444. The number of carbonyl (C=O) groups is 1. The number of nitriles is 1. The SMILES string of the molecule is COc1ccc2c(CC(=O)NC3(C#N)CCCCC3)coc2c1. The highest BCUT2D eigenvalue weighted by molar-refractivity contribution is 5.88. The molecule has 3 rings (SSSR count). The number of hydrogen-bond donors (Lipinski definition) is 1. The number of hydrogen-bond acceptors (Lipinski definition) is 4. The third-order valence-corrected chi connectivity index (χ3v) is 4.51. The van der Waals surface area contributed by atoms with E-state index >= 15 is 0 Å². The van der Waals surface area contributed by atoms with Crippen molar-refractivity contribution in [3.8, 4) is 11.8 Å². The number of benzene rings is 1. The van der Waals surface area contributed by atoms with Gasteiger partial charge in [-0.1, -0.05) is 19.3 Å². The smallest absolute Gasteiger partial charge is 0.225 e. The quantitative estimate of drug-likeness (QED) is 0.939. The fourth-order valence-corrected chi connectivity index (χ4v) is 3.23. The molecule has 5 nitrogen and oxygen atoms in total. The van der Waals surface area contributed by atoms with Crippen molar-refractivity contribution in [1.29, 1.82) is 5.26 Å². The topological polar surface area (TPSA) is 75.3 Å². The van der Waals surface area contributed by atoms with E-state index in [9.17, 15) is 10.1 Å². The van der Waals surface area contributed by atoms with E-state index in [1.165, 1.54) is 0 Å². The summed E-state index contributed by atoms with van der Waals surface area (Å²) in [5.74, 6) is 0.584. The first-order valence-electron chi connectivity index (χ1n) is 7.92. The van der Waals surface area contributed by atoms with Crippen molar-refractivity contribution in [3.05, 3.63) is 30.0 Å². The minimum absolute atomic E-state index is 0.132. The van der Waals surface area contributed by atoms with Crippen molar-refractivity contribution in [2.75, 3.05) is 7.11 Å². The zero-order chi connectivity index (χ0) is 16.3. The van der Waals surface area contributed by atoms with Gasteiger partial charge in [0.15, 0.2) is 0 Å². The Morgan fingerprint density at radius 3 is 2.87 bits per heavy atom. The highest BCUT2D eigenvalue weighted by Crippen LogP contribution is 2.29. The maximum atomic E-state index is 12.4. The van der Waals surface area contributed by atoms with Gasteiger partial charge in [-0.05, 0) is 25.0 Å². The Kier molecular flexibility index (Phi) is 4.24. The molecular weight excluding hydrogens is 292 g/mol. The molecule has 0 spiro atoms. The predicted octanol–water partition coefficient (Wildman–Crippen LogP) is 3.33. The lowest BCUT2D eigenvalue weighted by Crippen LogP contribution is -2.49. The summed E-state index contributed by atoms with van der Waals surface area (Å²) in [6, 6.07) is 7.84. The second-order valence-corrected chi connectivity index (χ2v) is 6.10. The van der Waals surface area contributed by atoms with Crippen LogP contribution in [0.4, 0.5) is 0 Å². The minimum atomic E-state index is -0.696. The van der Waals surface area contributed by atoms with Gasteiger partial charge in [0.1, 0.15) is 16.9 Å². The molecule has 0 atom stereocenters. The molecule has 1 heterocycles. The van der Waals surface area contributed by atoms with Crippen LogP contribution < -0.4 is 10.1 Å². The van der Waals surface area contributed by atoms with E-state index in [4.69, 9.17) is 9.15 Å². The normalized spacial score (nSPS) is 16.7. The van der Waals surface area contributed by atoms with Gasteiger partial charge in [-0.3, -0.25) is 4.79 Å². The molecule has 1 N–H and O–H groups in total. The molecule has 23 heavy (non-hydrogen) atoms. The van der Waals surface area contributed by atoms with Crippen molar-refractivity contribution < 1.29 is 13.9 Å². The Hall–Kier alpha value is -2.48. The van der Waals surface area contributed by atoms with Crippen LogP contribution in [0.25, 0.3) is 11.0 Å². The largest absolute Gasteiger partial charge is 0.497 e. The van der Waals surface area contributed by atoms with Crippen LogP contribution in [0.3, 0.4) is 0 Å². The van der Waals surface area contributed by atoms with E-state index in [0.29, 0.717) is 11.3 Å². The number of nitrogens with zero attached hydrogens (tertiary/aromatic N) is 1. The van der Waals surface area contributed by atoms with Crippen LogP contribution in [-0.4, -0.2) is 18.6 Å². The van der Waals surface area contributed by atoms with E-state index in [1.54, 1.807) is 19.4 Å². The molecule has 0 bridgehead atoms. The van der Waals surface area contributed by atoms with Crippen molar-refractivity contribution in [3.63, 3.8) is 0 Å². The first kappa shape index (κ1) is 15.4. The number of furan rings is 1. The van der Waals surface area contributed by atoms with Gasteiger partial charge in [0.25, 0.3) is 0 Å². The van der Waals surface area contributed by atoms with Crippen molar-refractivity contribution in [2.24, 2.45) is 0 Å². The molecule has 1 aliphatic carbocycles. The molecule has 0 unspecified atom stereocenters. The second kappa shape index (κ2) is 6.33. The Morgan fingerprint density at radius 1 is 1.39 bits per heavy atom. The van der Waals surface area contributed by atoms with Crippen LogP contribution in [0.5, 0.6) is 5.75 Å². The fourth-order valence-electron chi connectivity index (χ4n) is 3.23. The molecule has 1 amide bonds. The lowest BCUT2D eigenvalue weighted by atomic mass is 9.82. The summed E-state index contributed by atoms with van der Waals surface area (Å²) in [6.45, 7) is 0. The molecule has 1 aliphatic rings. The van der Waals surface area contributed by atoms with Gasteiger partial charge in [-0.15, -0.1) is 0 Å². The lowest BCUT2D eigenvalue weighted by Gasteiger charge is -2.31. The first-order chi connectivity index (χ1) is 11.2. The summed E-state index contributed by atoms with van der Waals surface area (Å²) in [6.07, 6.45) is 6.39. The van der Waals surface area contributed by atoms with Crippen LogP contribution in [0.2, 0.25) is 0 Å². The first-order valence-corrected chi connectivity index (χ1v) is 7.92. The number of ether oxygens (including phenoxy) is 1. The number of carbonyl (C=O) groups excluding carboxylic acids is 1. The number of methoxy groups -OCH3 is 1. The van der Waals surface area contributed by atoms with Crippen molar-refractivity contribution in [2.45, 2.75) is 44.1 Å². The van der Waals surface area contributed by atoms with Gasteiger partial charge < -0.3 is 14.5 Å². The van der Waals surface area contributed by atoms with E-state index in [2.05, 4.69) is 11.4 Å². The van der Waals surface area contributed by atoms with Gasteiger partial charge >= 0.3 is 0 Å². The molecule has 1 saturated carbocycles. The zero-order valence-electron chi connectivity index (χ0n) is 13.2. The number of amides is 1. The third-order valence-electron chi connectivity index (χ3n) is 4.51. The molecule has 2 aromatic rings. The highest BCUT2D eigenvalue weighted by atomic mass is 16.5. The Labute approximate surface area is 135 Å². The summed E-state index contributed by atoms with van der Waals surface area (Å²) in [4.78, 5) is 12.4. The maximum Gasteiger partial charge on any atom is 0.225 e. The summed E-state index contributed by atoms with van der Waals surface area (Å²) < 4.78 is 10.7. The highest BCUT2D eigenvalue weighted by Gasteiger charge is 2.33. The molecule has 0 radical (unpaired) electrons. The molecular formula is C18H20N2O3. The number of fused-ring (bicyclic) bond motifs is 1. The Bertz CT molecular complexity index is 751. The molecule has 0 aliphatic heterocycles. The standard InChI is InChI=1S/C18H20N2O3/c1-22-14-5-6-15-13(11-23-16(15)10-14)9-17(21)20-18(12-19)7-3-2-4-8-18/h5-6,10-11H,2-4,7-9H2,1H3,(H,20,21). The molecule has 1 aromatic carbocycles. The van der Waals surface area contributed by atoms with E-state index in [1.807, 2.05) is 12.1 Å². The summed E-state index contributed by atoms with van der Waals surface area (Å²) in [5.41, 5.74) is 0.821. The van der Waals surface area contributed by atoms with Gasteiger partial charge in [0, 0.05) is 17.0 Å². The average molecular weight is 312 g/mol. The average Bonchev–Trinajstić information content (AvgIpc) is 2.97. The summed E-state index contributed by atoms with van der Waals surface area (Å²) in [7, 11) is 1.60. The molecule has 5 heteroatoms. The molecule has 1 aromatic heterocycles. The zero-order valence-corrected chi connectivity index (χ0v) is 13.2. The lowest BCUT2D eigenvalue weighted by molar-refractivity contribution is -0.122. The van der Waals surface area contributed by atoms with Crippen molar-refractivity contribution in [1.82, 2.24) is 5.32 Å². The predicted molar refractivity (Wildman–Crippen MR) is 86.0 cm³/mol. The van der Waals surface area contributed by atoms with Crippen LogP contribution in [0, 0.1) is 11.3 Å². The minimum Gasteiger partial charge on any atom is -0.497 e. The Balaban J connectivity index is 1.74. The van der Waals surface area contributed by atoms with Gasteiger partial charge in [0.2, 0.25) is 5.91 Å².